The lowest BCUT2D eigenvalue weighted by molar-refractivity contribution is -0.164. The maximum atomic E-state index is 13.5. The van der Waals surface area contributed by atoms with Crippen LogP contribution in [0.1, 0.15) is 98.7 Å². The van der Waals surface area contributed by atoms with Crippen molar-refractivity contribution in [3.05, 3.63) is 35.2 Å². The monoisotopic (exact) mass is 864 g/mol. The number of unbranched alkanes of at least 4 members (excludes halogenated alkanes) is 2. The van der Waals surface area contributed by atoms with E-state index in [0.29, 0.717) is 108 Å². The average molecular weight is 865 g/mol. The number of nitrogens with zero attached hydrogens (tertiary/aromatic N) is 6. The smallest absolute Gasteiger partial charge is 0.338 e. The number of esters is 2. The summed E-state index contributed by atoms with van der Waals surface area (Å²) in [5.74, 6) is 0.945. The number of carbonyl (C=O) groups is 4. The summed E-state index contributed by atoms with van der Waals surface area (Å²) in [6, 6.07) is 4.03. The first-order chi connectivity index (χ1) is 30.1. The first-order valence-electron chi connectivity index (χ1n) is 22.3. The summed E-state index contributed by atoms with van der Waals surface area (Å²) >= 11 is 0. The van der Waals surface area contributed by atoms with Crippen LogP contribution in [0.2, 0.25) is 0 Å². The van der Waals surface area contributed by atoms with E-state index < -0.39 is 29.8 Å². The third-order valence-corrected chi connectivity index (χ3v) is 13.0. The topological polar surface area (TPSA) is 216 Å². The Bertz CT molecular complexity index is 1940. The molecule has 5 aliphatic heterocycles. The molecule has 6 aliphatic rings. The molecule has 1 aromatic heterocycles. The van der Waals surface area contributed by atoms with Gasteiger partial charge in [-0.05, 0) is 75.2 Å². The lowest BCUT2D eigenvalue weighted by atomic mass is 9.69. The molecule has 8 rings (SSSR count). The third-order valence-electron chi connectivity index (χ3n) is 13.0. The molecule has 2 saturated heterocycles. The highest BCUT2D eigenvalue weighted by molar-refractivity contribution is 5.94. The molecule has 7 atom stereocenters. The van der Waals surface area contributed by atoms with Gasteiger partial charge in [0.05, 0.1) is 63.9 Å². The van der Waals surface area contributed by atoms with Crippen LogP contribution in [0.15, 0.2) is 28.6 Å². The van der Waals surface area contributed by atoms with E-state index in [1.54, 1.807) is 10.7 Å². The van der Waals surface area contributed by atoms with Crippen molar-refractivity contribution in [2.24, 2.45) is 22.1 Å². The minimum absolute atomic E-state index is 0.00184. The van der Waals surface area contributed by atoms with Gasteiger partial charge >= 0.3 is 11.9 Å². The van der Waals surface area contributed by atoms with Crippen LogP contribution >= 0.6 is 0 Å². The Hall–Kier alpha value is -4.72. The van der Waals surface area contributed by atoms with Crippen molar-refractivity contribution < 1.29 is 52.3 Å². The summed E-state index contributed by atoms with van der Waals surface area (Å²) in [6.07, 6.45) is 8.15. The van der Waals surface area contributed by atoms with Gasteiger partial charge in [0.1, 0.15) is 12.2 Å². The van der Waals surface area contributed by atoms with Gasteiger partial charge < -0.3 is 48.7 Å². The number of ether oxygens (including phenoxy) is 7. The molecule has 338 valence electrons. The van der Waals surface area contributed by atoms with Gasteiger partial charge in [-0.2, -0.15) is 10.2 Å². The summed E-state index contributed by atoms with van der Waals surface area (Å²) in [4.78, 5) is 52.6. The number of benzene rings is 1. The second-order valence-corrected chi connectivity index (χ2v) is 17.4. The van der Waals surface area contributed by atoms with Crippen LogP contribution in [0.5, 0.6) is 11.5 Å². The first kappa shape index (κ1) is 43.9. The van der Waals surface area contributed by atoms with Gasteiger partial charge in [0.15, 0.2) is 11.5 Å². The van der Waals surface area contributed by atoms with Crippen molar-refractivity contribution >= 4 is 23.8 Å². The van der Waals surface area contributed by atoms with Crippen LogP contribution in [0.4, 0.5) is 0 Å². The van der Waals surface area contributed by atoms with Crippen LogP contribution in [0, 0.1) is 11.8 Å². The number of amides is 2. The lowest BCUT2D eigenvalue weighted by Gasteiger charge is -2.48. The van der Waals surface area contributed by atoms with E-state index in [2.05, 4.69) is 50.0 Å². The van der Waals surface area contributed by atoms with Crippen molar-refractivity contribution in [2.45, 2.75) is 120 Å². The number of fused-ring (bicyclic) bond motifs is 6. The second kappa shape index (κ2) is 20.2. The molecule has 2 N–H and O–H groups in total. The molecule has 0 bridgehead atoms. The van der Waals surface area contributed by atoms with Gasteiger partial charge in [-0.3, -0.25) is 14.4 Å². The van der Waals surface area contributed by atoms with Crippen molar-refractivity contribution in [3.63, 3.8) is 0 Å². The minimum Gasteiger partial charge on any atom is -0.458 e. The third kappa shape index (κ3) is 10.9. The van der Waals surface area contributed by atoms with E-state index in [1.807, 2.05) is 12.3 Å². The Balaban J connectivity index is 0.662. The summed E-state index contributed by atoms with van der Waals surface area (Å²) in [5, 5.41) is 22.9. The van der Waals surface area contributed by atoms with Crippen molar-refractivity contribution in [3.8, 4) is 11.5 Å². The summed E-state index contributed by atoms with van der Waals surface area (Å²) in [7, 11) is 2.10. The highest BCUT2D eigenvalue weighted by Gasteiger charge is 2.56. The predicted molar refractivity (Wildman–Crippen MR) is 218 cm³/mol. The van der Waals surface area contributed by atoms with Crippen molar-refractivity contribution in [2.75, 3.05) is 66.6 Å². The molecule has 19 heteroatoms. The van der Waals surface area contributed by atoms with Crippen LogP contribution in [0.25, 0.3) is 0 Å². The number of hydrogen-bond donors (Lipinski definition) is 2. The van der Waals surface area contributed by atoms with E-state index in [4.69, 9.17) is 33.2 Å². The van der Waals surface area contributed by atoms with Gasteiger partial charge in [-0.1, -0.05) is 25.0 Å². The zero-order valence-electron chi connectivity index (χ0n) is 35.8. The largest absolute Gasteiger partial charge is 0.458 e. The molecule has 1 aliphatic carbocycles. The number of nitrogens with one attached hydrogen (secondary N) is 2. The van der Waals surface area contributed by atoms with Crippen LogP contribution in [-0.4, -0.2) is 140 Å². The van der Waals surface area contributed by atoms with Crippen molar-refractivity contribution in [1.82, 2.24) is 30.5 Å². The van der Waals surface area contributed by atoms with E-state index in [1.165, 1.54) is 0 Å². The molecule has 62 heavy (non-hydrogen) atoms. The Kier molecular flexibility index (Phi) is 14.3. The van der Waals surface area contributed by atoms with E-state index in [-0.39, 0.29) is 48.9 Å². The maximum absolute atomic E-state index is 13.5. The molecule has 6 heterocycles. The molecular weight excluding hydrogens is 805 g/mol. The molecular formula is C43H60N8O11. The molecule has 2 amide bonds. The molecule has 19 nitrogen and oxygen atoms in total. The molecule has 0 spiro atoms. The van der Waals surface area contributed by atoms with Gasteiger partial charge in [0, 0.05) is 50.0 Å². The fourth-order valence-electron chi connectivity index (χ4n) is 9.69. The quantitative estimate of drug-likeness (QED) is 0.115. The maximum Gasteiger partial charge on any atom is 0.338 e. The highest BCUT2D eigenvalue weighted by Crippen LogP contribution is 2.51. The number of aromatic nitrogens is 3. The highest BCUT2D eigenvalue weighted by atomic mass is 16.7. The van der Waals surface area contributed by atoms with Gasteiger partial charge in [0.2, 0.25) is 24.3 Å². The molecule has 1 saturated carbocycles. The number of aryl methyl sites for hydroxylation is 1. The Morgan fingerprint density at radius 1 is 1.00 bits per heavy atom. The predicted octanol–water partition coefficient (Wildman–Crippen LogP) is 3.09. The fourth-order valence-corrected chi connectivity index (χ4v) is 9.69. The van der Waals surface area contributed by atoms with Gasteiger partial charge in [0.25, 0.3) is 0 Å². The van der Waals surface area contributed by atoms with Crippen LogP contribution in [0.3, 0.4) is 0 Å². The Morgan fingerprint density at radius 3 is 2.55 bits per heavy atom. The van der Waals surface area contributed by atoms with Crippen LogP contribution < -0.4 is 20.1 Å². The molecule has 0 unspecified atom stereocenters. The molecule has 1 aromatic carbocycles. The number of carbonyl (C=O) groups excluding carboxylic acids is 4. The number of rotatable bonds is 24. The number of hydrogen-bond acceptors (Lipinski definition) is 16. The zero-order valence-corrected chi connectivity index (χ0v) is 35.8. The molecule has 0 radical (unpaired) electrons. The second-order valence-electron chi connectivity index (χ2n) is 17.4. The fraction of sp³-hybridized carbons (Fsp3) is 0.721. The average Bonchev–Trinajstić information content (AvgIpc) is 3.62. The van der Waals surface area contributed by atoms with Crippen molar-refractivity contribution in [1.29, 1.82) is 0 Å². The molecule has 3 fully saturated rings. The number of likely N-dealkylation sites (tertiary alicyclic amines) is 1. The van der Waals surface area contributed by atoms with Gasteiger partial charge in [-0.25, -0.2) is 9.48 Å². The summed E-state index contributed by atoms with van der Waals surface area (Å²) in [6.45, 7) is 6.69. The van der Waals surface area contributed by atoms with E-state index in [0.717, 1.165) is 49.9 Å². The first-order valence-corrected chi connectivity index (χ1v) is 22.3. The Morgan fingerprint density at radius 2 is 1.77 bits per heavy atom. The van der Waals surface area contributed by atoms with Crippen LogP contribution in [-0.2, 0) is 51.0 Å². The molecule has 2 aromatic rings. The van der Waals surface area contributed by atoms with Gasteiger partial charge in [-0.15, -0.1) is 5.10 Å². The Labute approximate surface area is 361 Å². The standard InChI is InChI=1S/C43H60N8O11/c1-27-20-37(53)45-32(27)6-4-3-5-7-36(52)44-11-14-56-16-18-58-19-17-57-15-13-51-25-29(46-49-51)8-10-43(47-48-43)24-38(54)61-35-21-28-9-12-50(2)40(28)39-30-22-33-34(60-26-59-33)23-31(30)42(55)62-41(35)39/h22-23,25,27-28,32,35,39-41H,3-21,24,26H2,1-2H3,(H,44,52)(H,45,53)/t27-,28+,32-,35-,39-,40+,41+/m0/s1. The van der Waals surface area contributed by atoms with E-state index >= 15 is 0 Å². The minimum atomic E-state index is -0.861. The lowest BCUT2D eigenvalue weighted by Crippen LogP contribution is -2.55. The zero-order chi connectivity index (χ0) is 43.1. The summed E-state index contributed by atoms with van der Waals surface area (Å²) < 4.78 is 42.0. The number of likely N-dealkylation sites (N-methyl/N-ethyl adjacent to an activating group) is 1. The SMILES string of the molecule is C[C@H]1CC(=O)N[C@H]1CCCCCC(=O)NCCOCCOCCOCCn1cc(CCC2(CC(=O)O[C@H]3C[C@H]4CCN(C)[C@H]4[C@@H]4c5cc6c(cc5C(=O)O[C@@H]43)OCO6)N=N2)nn1. The van der Waals surface area contributed by atoms with E-state index in [9.17, 15) is 19.2 Å². The normalized spacial score (nSPS) is 26.4. The summed E-state index contributed by atoms with van der Waals surface area (Å²) in [5.41, 5.74) is 1.23.